The number of rotatable bonds is 3. The van der Waals surface area contributed by atoms with Crippen molar-refractivity contribution < 1.29 is 29.1 Å². The Kier molecular flexibility index (Phi) is 5.87. The highest BCUT2D eigenvalue weighted by molar-refractivity contribution is 5.90. The van der Waals surface area contributed by atoms with Gasteiger partial charge in [-0.2, -0.15) is 0 Å². The summed E-state index contributed by atoms with van der Waals surface area (Å²) in [6.07, 6.45) is 1.97. The summed E-state index contributed by atoms with van der Waals surface area (Å²) in [4.78, 5) is 51.8. The molecule has 162 valence electrons. The van der Waals surface area contributed by atoms with E-state index in [9.17, 15) is 24.4 Å². The van der Waals surface area contributed by atoms with E-state index in [4.69, 9.17) is 4.74 Å². The molecule has 0 aliphatic carbocycles. The number of hydroxylamine groups is 2. The third kappa shape index (κ3) is 4.72. The van der Waals surface area contributed by atoms with Crippen LogP contribution in [-0.2, 0) is 14.3 Å². The maximum atomic E-state index is 12.4. The lowest BCUT2D eigenvalue weighted by molar-refractivity contribution is -0.132. The van der Waals surface area contributed by atoms with Crippen LogP contribution in [0.3, 0.4) is 0 Å². The zero-order valence-electron chi connectivity index (χ0n) is 17.0. The van der Waals surface area contributed by atoms with E-state index in [0.29, 0.717) is 30.9 Å². The normalized spacial score (nSPS) is 26.6. The zero-order chi connectivity index (χ0) is 21.3. The summed E-state index contributed by atoms with van der Waals surface area (Å²) in [5.41, 5.74) is 4.11. The molecule has 3 saturated heterocycles. The molecule has 2 bridgehead atoms. The van der Waals surface area contributed by atoms with Gasteiger partial charge in [-0.15, -0.1) is 0 Å². The Balaban J connectivity index is 1.48. The molecule has 3 N–H and O–H groups in total. The molecule has 29 heavy (non-hydrogen) atoms. The fraction of sp³-hybridized carbons (Fsp3) is 0.778. The van der Waals surface area contributed by atoms with Crippen molar-refractivity contribution in [1.29, 1.82) is 0 Å². The largest absolute Gasteiger partial charge is 0.444 e. The SMILES string of the molecule is CC(C)(C)OC(=O)N1CCC[C@H]1CC(=O)NNC(=O)C1CCC2CN1C(=O)N2O. The highest BCUT2D eigenvalue weighted by Crippen LogP contribution is 2.28. The first-order valence-electron chi connectivity index (χ1n) is 9.94. The molecule has 0 aromatic heterocycles. The third-order valence-electron chi connectivity index (χ3n) is 5.40. The van der Waals surface area contributed by atoms with E-state index < -0.39 is 35.6 Å². The molecule has 3 aliphatic heterocycles. The molecule has 0 radical (unpaired) electrons. The number of likely N-dealkylation sites (tertiary alicyclic amines) is 1. The van der Waals surface area contributed by atoms with E-state index >= 15 is 0 Å². The second-order valence-corrected chi connectivity index (χ2v) is 8.74. The van der Waals surface area contributed by atoms with Gasteiger partial charge in [0.15, 0.2) is 0 Å². The molecule has 2 unspecified atom stereocenters. The number of amides is 5. The fourth-order valence-corrected chi connectivity index (χ4v) is 4.01. The van der Waals surface area contributed by atoms with Gasteiger partial charge in [-0.05, 0) is 46.5 Å². The topological polar surface area (TPSA) is 132 Å². The van der Waals surface area contributed by atoms with Crippen molar-refractivity contribution in [2.24, 2.45) is 0 Å². The van der Waals surface area contributed by atoms with E-state index in [-0.39, 0.29) is 25.0 Å². The molecule has 3 aliphatic rings. The summed E-state index contributed by atoms with van der Waals surface area (Å²) in [5.74, 6) is -0.931. The smallest absolute Gasteiger partial charge is 0.410 e. The molecule has 0 spiro atoms. The number of piperidine rings is 1. The lowest BCUT2D eigenvalue weighted by Gasteiger charge is -2.29. The number of ether oxygens (including phenoxy) is 1. The quantitative estimate of drug-likeness (QED) is 0.460. The van der Waals surface area contributed by atoms with Gasteiger partial charge in [-0.1, -0.05) is 0 Å². The Morgan fingerprint density at radius 1 is 1.17 bits per heavy atom. The van der Waals surface area contributed by atoms with Gasteiger partial charge in [0.1, 0.15) is 11.6 Å². The van der Waals surface area contributed by atoms with Crippen LogP contribution in [-0.4, -0.2) is 80.8 Å². The van der Waals surface area contributed by atoms with Crippen LogP contribution in [0.5, 0.6) is 0 Å². The van der Waals surface area contributed by atoms with Crippen LogP contribution in [0.4, 0.5) is 9.59 Å². The average Bonchev–Trinajstić information content (AvgIpc) is 3.18. The second kappa shape index (κ2) is 8.05. The summed E-state index contributed by atoms with van der Waals surface area (Å²) in [7, 11) is 0. The minimum absolute atomic E-state index is 0.0410. The zero-order valence-corrected chi connectivity index (χ0v) is 17.0. The Bertz CT molecular complexity index is 693. The molecule has 0 saturated carbocycles. The van der Waals surface area contributed by atoms with E-state index in [1.807, 2.05) is 0 Å². The Labute approximate surface area is 169 Å². The van der Waals surface area contributed by atoms with Crippen LogP contribution in [0.25, 0.3) is 0 Å². The molecule has 5 amide bonds. The molecule has 11 nitrogen and oxygen atoms in total. The molecular weight excluding hydrogens is 382 g/mol. The van der Waals surface area contributed by atoms with Crippen LogP contribution >= 0.6 is 0 Å². The van der Waals surface area contributed by atoms with Crippen molar-refractivity contribution in [3.8, 4) is 0 Å². The van der Waals surface area contributed by atoms with E-state index in [0.717, 1.165) is 6.42 Å². The number of hydrazine groups is 1. The molecule has 0 aromatic rings. The summed E-state index contributed by atoms with van der Waals surface area (Å²) in [5, 5.41) is 10.3. The third-order valence-corrected chi connectivity index (χ3v) is 5.40. The minimum Gasteiger partial charge on any atom is -0.444 e. The average molecular weight is 411 g/mol. The van der Waals surface area contributed by atoms with Crippen molar-refractivity contribution in [2.45, 2.75) is 76.6 Å². The monoisotopic (exact) mass is 411 g/mol. The predicted octanol–water partition coefficient (Wildman–Crippen LogP) is 0.581. The molecular formula is C18H29N5O6. The van der Waals surface area contributed by atoms with Gasteiger partial charge < -0.3 is 14.5 Å². The molecule has 0 aromatic carbocycles. The van der Waals surface area contributed by atoms with Crippen LogP contribution < -0.4 is 10.9 Å². The van der Waals surface area contributed by atoms with Gasteiger partial charge in [0.05, 0.1) is 6.04 Å². The molecule has 3 heterocycles. The maximum absolute atomic E-state index is 12.4. The van der Waals surface area contributed by atoms with Gasteiger partial charge in [0.25, 0.3) is 5.91 Å². The first kappa shape index (κ1) is 21.2. The van der Waals surface area contributed by atoms with E-state index in [2.05, 4.69) is 10.9 Å². The Morgan fingerprint density at radius 2 is 1.90 bits per heavy atom. The van der Waals surface area contributed by atoms with Crippen molar-refractivity contribution in [1.82, 2.24) is 25.7 Å². The summed E-state index contributed by atoms with van der Waals surface area (Å²) in [6.45, 7) is 6.16. The van der Waals surface area contributed by atoms with E-state index in [1.165, 1.54) is 4.90 Å². The number of urea groups is 1. The van der Waals surface area contributed by atoms with Crippen molar-refractivity contribution >= 4 is 23.9 Å². The number of hydrogen-bond donors (Lipinski definition) is 3. The minimum atomic E-state index is -0.735. The summed E-state index contributed by atoms with van der Waals surface area (Å²) >= 11 is 0. The highest BCUT2D eigenvalue weighted by Gasteiger charge is 2.46. The van der Waals surface area contributed by atoms with Gasteiger partial charge in [0, 0.05) is 25.6 Å². The van der Waals surface area contributed by atoms with Crippen LogP contribution in [0, 0.1) is 0 Å². The molecule has 3 rings (SSSR count). The second-order valence-electron chi connectivity index (χ2n) is 8.74. The molecule has 11 heteroatoms. The van der Waals surface area contributed by atoms with Crippen molar-refractivity contribution in [2.75, 3.05) is 13.1 Å². The highest BCUT2D eigenvalue weighted by atomic mass is 16.6. The van der Waals surface area contributed by atoms with Gasteiger partial charge in [-0.3, -0.25) is 25.6 Å². The first-order chi connectivity index (χ1) is 13.6. The molecule has 3 atom stereocenters. The number of fused-ring (bicyclic) bond motifs is 2. The number of carbonyl (C=O) groups is 4. The summed E-state index contributed by atoms with van der Waals surface area (Å²) in [6, 6.07) is -1.92. The lowest BCUT2D eigenvalue weighted by Crippen LogP contribution is -2.54. The summed E-state index contributed by atoms with van der Waals surface area (Å²) < 4.78 is 5.38. The Hall–Kier alpha value is -2.56. The first-order valence-corrected chi connectivity index (χ1v) is 9.94. The van der Waals surface area contributed by atoms with Crippen molar-refractivity contribution in [3.63, 3.8) is 0 Å². The van der Waals surface area contributed by atoms with Crippen LogP contribution in [0.2, 0.25) is 0 Å². The lowest BCUT2D eigenvalue weighted by atomic mass is 10.0. The van der Waals surface area contributed by atoms with Crippen LogP contribution in [0.15, 0.2) is 0 Å². The molecule has 3 fully saturated rings. The standard InChI is InChI=1S/C18H29N5O6/c1-18(2,3)29-17(27)21-8-4-5-11(21)9-14(24)19-20-15(25)13-7-6-12-10-22(13)16(26)23(12)28/h11-13,28H,4-10H2,1-3H3,(H,19,24)(H,20,25)/t11-,12?,13?/m0/s1. The fourth-order valence-electron chi connectivity index (χ4n) is 4.01. The van der Waals surface area contributed by atoms with Gasteiger partial charge in [0.2, 0.25) is 5.91 Å². The van der Waals surface area contributed by atoms with Gasteiger partial charge >= 0.3 is 12.1 Å². The number of carbonyl (C=O) groups excluding carboxylic acids is 4. The van der Waals surface area contributed by atoms with Gasteiger partial charge in [-0.25, -0.2) is 14.7 Å². The van der Waals surface area contributed by atoms with Crippen LogP contribution in [0.1, 0.15) is 52.9 Å². The predicted molar refractivity (Wildman–Crippen MR) is 99.4 cm³/mol. The van der Waals surface area contributed by atoms with E-state index in [1.54, 1.807) is 25.7 Å². The number of nitrogens with one attached hydrogen (secondary N) is 2. The number of hydrogen-bond acceptors (Lipinski definition) is 6. The Morgan fingerprint density at radius 3 is 2.59 bits per heavy atom. The van der Waals surface area contributed by atoms with Crippen molar-refractivity contribution in [3.05, 3.63) is 0 Å². The maximum Gasteiger partial charge on any atom is 0.410 e. The number of nitrogens with zero attached hydrogens (tertiary/aromatic N) is 3.